The number of alkyl halides is 1. The van der Waals surface area contributed by atoms with Crippen LogP contribution in [0.2, 0.25) is 0 Å². The number of carboxylic acids is 1. The summed E-state index contributed by atoms with van der Waals surface area (Å²) in [5.41, 5.74) is 0. The Labute approximate surface area is 243 Å². The lowest BCUT2D eigenvalue weighted by atomic mass is 9.88. The molecule has 0 spiro atoms. The van der Waals surface area contributed by atoms with E-state index in [2.05, 4.69) is 41.9 Å². The van der Waals surface area contributed by atoms with E-state index >= 15 is 0 Å². The number of hydrogen-bond donors (Lipinski definition) is 1. The Morgan fingerprint density at radius 2 is 1.79 bits per heavy atom. The molecule has 10 atom stereocenters. The maximum atomic E-state index is 11.0. The fourth-order valence-corrected chi connectivity index (χ4v) is 7.35. The molecule has 39 heavy (non-hydrogen) atoms. The monoisotopic (exact) mass is 614 g/mol. The van der Waals surface area contributed by atoms with E-state index in [0.29, 0.717) is 18.3 Å². The molecule has 1 aliphatic carbocycles. The summed E-state index contributed by atoms with van der Waals surface area (Å²) >= 11 is 3.82. The van der Waals surface area contributed by atoms with Gasteiger partial charge in [-0.25, -0.2) is 0 Å². The van der Waals surface area contributed by atoms with E-state index in [1.54, 1.807) is 0 Å². The zero-order valence-electron chi connectivity index (χ0n) is 24.0. The molecule has 0 amide bonds. The normalized spacial score (nSPS) is 35.6. The van der Waals surface area contributed by atoms with Crippen LogP contribution >= 0.6 is 15.9 Å². The average molecular weight is 616 g/mol. The number of halogens is 1. The van der Waals surface area contributed by atoms with Gasteiger partial charge < -0.3 is 28.8 Å². The van der Waals surface area contributed by atoms with Crippen molar-refractivity contribution in [2.75, 3.05) is 13.2 Å². The Bertz CT molecular complexity index is 751. The van der Waals surface area contributed by atoms with Gasteiger partial charge in [0.15, 0.2) is 12.6 Å². The standard InChI is InChI=1S/C31H51BrO7/c1-3-4-10-21(2)25(38-30-13-5-7-17-35-30)16-15-22-23-19-28(24(32)11-9-12-29(33)34)37-27(23)20-26(22)39-31-14-6-8-18-36-31/h15-16,21-28,30-31H,3-14,17-20H2,1-2H3,(H,33,34)/t21-,22+,23+,24?,25+,26+,27+,28?,30?,31?/m0/s1. The van der Waals surface area contributed by atoms with Crippen molar-refractivity contribution in [1.29, 1.82) is 0 Å². The van der Waals surface area contributed by atoms with Gasteiger partial charge in [0.2, 0.25) is 0 Å². The molecule has 8 heteroatoms. The van der Waals surface area contributed by atoms with Gasteiger partial charge in [0.1, 0.15) is 0 Å². The average Bonchev–Trinajstić information content (AvgIpc) is 3.48. The van der Waals surface area contributed by atoms with Gasteiger partial charge in [0.05, 0.1) is 24.4 Å². The number of carbonyl (C=O) groups is 1. The van der Waals surface area contributed by atoms with Crippen molar-refractivity contribution < 1.29 is 33.6 Å². The lowest BCUT2D eigenvalue weighted by Crippen LogP contribution is -2.33. The van der Waals surface area contributed by atoms with Crippen molar-refractivity contribution in [3.05, 3.63) is 12.2 Å². The quantitative estimate of drug-likeness (QED) is 0.157. The van der Waals surface area contributed by atoms with Crippen LogP contribution < -0.4 is 0 Å². The van der Waals surface area contributed by atoms with Gasteiger partial charge in [-0.05, 0) is 76.0 Å². The van der Waals surface area contributed by atoms with E-state index in [4.69, 9.17) is 28.8 Å². The first-order valence-electron chi connectivity index (χ1n) is 15.7. The van der Waals surface area contributed by atoms with Gasteiger partial charge >= 0.3 is 5.97 Å². The Hall–Kier alpha value is -0.510. The number of unbranched alkanes of at least 4 members (excludes halogenated alkanes) is 1. The van der Waals surface area contributed by atoms with E-state index in [9.17, 15) is 4.79 Å². The third kappa shape index (κ3) is 9.50. The van der Waals surface area contributed by atoms with Gasteiger partial charge in [-0.3, -0.25) is 4.79 Å². The Balaban J connectivity index is 1.45. The molecule has 4 fully saturated rings. The Morgan fingerprint density at radius 1 is 1.05 bits per heavy atom. The molecule has 0 aromatic heterocycles. The molecule has 224 valence electrons. The molecule has 7 nitrogen and oxygen atoms in total. The zero-order chi connectivity index (χ0) is 27.6. The van der Waals surface area contributed by atoms with Crippen molar-refractivity contribution >= 4 is 21.9 Å². The summed E-state index contributed by atoms with van der Waals surface area (Å²) in [6.45, 7) is 6.10. The highest BCUT2D eigenvalue weighted by molar-refractivity contribution is 9.09. The van der Waals surface area contributed by atoms with Crippen LogP contribution in [0.1, 0.15) is 104 Å². The van der Waals surface area contributed by atoms with Gasteiger partial charge in [-0.2, -0.15) is 0 Å². The van der Waals surface area contributed by atoms with Crippen LogP contribution in [0.25, 0.3) is 0 Å². The van der Waals surface area contributed by atoms with Gasteiger partial charge in [-0.15, -0.1) is 0 Å². The van der Waals surface area contributed by atoms with Crippen molar-refractivity contribution in [3.63, 3.8) is 0 Å². The highest BCUT2D eigenvalue weighted by atomic mass is 79.9. The molecule has 4 aliphatic rings. The topological polar surface area (TPSA) is 83.5 Å². The Kier molecular flexibility index (Phi) is 13.1. The number of carboxylic acid groups (broad SMARTS) is 1. The molecular formula is C31H51BrO7. The van der Waals surface area contributed by atoms with Crippen molar-refractivity contribution in [3.8, 4) is 0 Å². The lowest BCUT2D eigenvalue weighted by molar-refractivity contribution is -0.194. The first kappa shape index (κ1) is 31.4. The van der Waals surface area contributed by atoms with Gasteiger partial charge in [-0.1, -0.05) is 54.8 Å². The van der Waals surface area contributed by atoms with Gasteiger partial charge in [0.25, 0.3) is 0 Å². The molecule has 3 heterocycles. The molecule has 0 radical (unpaired) electrons. The summed E-state index contributed by atoms with van der Waals surface area (Å²) < 4.78 is 31.7. The molecule has 0 aromatic carbocycles. The molecule has 1 N–H and O–H groups in total. The Morgan fingerprint density at radius 3 is 2.46 bits per heavy atom. The predicted molar refractivity (Wildman–Crippen MR) is 154 cm³/mol. The minimum absolute atomic E-state index is 0.0170. The van der Waals surface area contributed by atoms with E-state index < -0.39 is 5.97 Å². The first-order valence-corrected chi connectivity index (χ1v) is 16.6. The third-order valence-corrected chi connectivity index (χ3v) is 10.0. The maximum absolute atomic E-state index is 11.0. The fraction of sp³-hybridized carbons (Fsp3) is 0.903. The maximum Gasteiger partial charge on any atom is 0.303 e. The SMILES string of the molecule is CCCC[C@H](C)[C@@H](C=C[C@@H]1[C@H]2CC(C(Br)CCCC(=O)O)O[C@@H]2C[C@H]1OC1CCCCO1)OC1CCCCO1. The minimum atomic E-state index is -0.738. The summed E-state index contributed by atoms with van der Waals surface area (Å²) in [5.74, 6) is 0.286. The number of rotatable bonds is 15. The van der Waals surface area contributed by atoms with E-state index in [1.807, 2.05) is 0 Å². The van der Waals surface area contributed by atoms with Gasteiger partial charge in [0, 0.05) is 36.8 Å². The fourth-order valence-electron chi connectivity index (χ4n) is 6.68. The highest BCUT2D eigenvalue weighted by Gasteiger charge is 2.51. The first-order chi connectivity index (χ1) is 18.9. The van der Waals surface area contributed by atoms with E-state index in [1.165, 1.54) is 12.8 Å². The molecule has 1 saturated carbocycles. The predicted octanol–water partition coefficient (Wildman–Crippen LogP) is 7.00. The second kappa shape index (κ2) is 16.2. The summed E-state index contributed by atoms with van der Waals surface area (Å²) in [4.78, 5) is 11.1. The van der Waals surface area contributed by atoms with Crippen molar-refractivity contribution in [2.45, 2.75) is 146 Å². The molecule has 3 aliphatic heterocycles. The van der Waals surface area contributed by atoms with Crippen LogP contribution in [0.4, 0.5) is 0 Å². The van der Waals surface area contributed by atoms with Crippen LogP contribution in [0.5, 0.6) is 0 Å². The van der Waals surface area contributed by atoms with Crippen LogP contribution in [0, 0.1) is 17.8 Å². The molecule has 3 saturated heterocycles. The second-order valence-electron chi connectivity index (χ2n) is 12.1. The largest absolute Gasteiger partial charge is 0.481 e. The van der Waals surface area contributed by atoms with Crippen molar-refractivity contribution in [2.24, 2.45) is 17.8 Å². The number of fused-ring (bicyclic) bond motifs is 1. The van der Waals surface area contributed by atoms with Crippen LogP contribution in [-0.4, -0.2) is 66.1 Å². The molecule has 4 unspecified atom stereocenters. The van der Waals surface area contributed by atoms with E-state index in [-0.39, 0.29) is 54.2 Å². The number of hydrogen-bond acceptors (Lipinski definition) is 6. The minimum Gasteiger partial charge on any atom is -0.481 e. The summed E-state index contributed by atoms with van der Waals surface area (Å²) in [5, 5.41) is 9.02. The smallest absolute Gasteiger partial charge is 0.303 e. The van der Waals surface area contributed by atoms with Crippen LogP contribution in [0.3, 0.4) is 0 Å². The highest BCUT2D eigenvalue weighted by Crippen LogP contribution is 2.48. The molecular weight excluding hydrogens is 564 g/mol. The summed E-state index contributed by atoms with van der Waals surface area (Å²) in [6.07, 6.45) is 18.2. The number of aliphatic carboxylic acids is 1. The molecule has 4 rings (SSSR count). The van der Waals surface area contributed by atoms with Crippen LogP contribution in [-0.2, 0) is 28.5 Å². The van der Waals surface area contributed by atoms with E-state index in [0.717, 1.165) is 77.4 Å². The summed E-state index contributed by atoms with van der Waals surface area (Å²) in [6, 6.07) is 0. The summed E-state index contributed by atoms with van der Waals surface area (Å²) in [7, 11) is 0. The third-order valence-electron chi connectivity index (χ3n) is 9.00. The molecule has 0 bridgehead atoms. The zero-order valence-corrected chi connectivity index (χ0v) is 25.6. The lowest BCUT2D eigenvalue weighted by Gasteiger charge is -2.31. The van der Waals surface area contributed by atoms with Crippen LogP contribution in [0.15, 0.2) is 12.2 Å². The van der Waals surface area contributed by atoms with Crippen molar-refractivity contribution in [1.82, 2.24) is 0 Å². The second-order valence-corrected chi connectivity index (χ2v) is 13.3. The molecule has 0 aromatic rings. The number of ether oxygens (including phenoxy) is 5.